The van der Waals surface area contributed by atoms with Crippen LogP contribution in [0.2, 0.25) is 10.0 Å². The molecule has 0 radical (unpaired) electrons. The largest absolute Gasteiger partial charge is 0.352 e. The molecule has 0 bridgehead atoms. The van der Waals surface area contributed by atoms with Crippen molar-refractivity contribution in [2.75, 3.05) is 36.4 Å². The summed E-state index contributed by atoms with van der Waals surface area (Å²) >= 11 is 12.1. The number of halogens is 2. The van der Waals surface area contributed by atoms with Gasteiger partial charge < -0.3 is 15.1 Å². The first kappa shape index (κ1) is 18.5. The van der Waals surface area contributed by atoms with Crippen LogP contribution < -0.4 is 10.2 Å². The first-order valence-corrected chi connectivity index (χ1v) is 9.44. The van der Waals surface area contributed by atoms with Crippen LogP contribution in [0.15, 0.2) is 49.1 Å². The molecule has 1 N–H and O–H groups in total. The highest BCUT2D eigenvalue weighted by molar-refractivity contribution is 6.36. The number of amides is 2. The molecule has 3 aromatic heterocycles. The van der Waals surface area contributed by atoms with Gasteiger partial charge in [0.05, 0.1) is 15.7 Å². The summed E-state index contributed by atoms with van der Waals surface area (Å²) in [5.41, 5.74) is 0.598. The summed E-state index contributed by atoms with van der Waals surface area (Å²) in [4.78, 5) is 25.1. The van der Waals surface area contributed by atoms with Gasteiger partial charge in [0.15, 0.2) is 5.82 Å². The van der Waals surface area contributed by atoms with E-state index in [0.717, 1.165) is 0 Å². The van der Waals surface area contributed by atoms with Crippen molar-refractivity contribution >= 4 is 40.7 Å². The lowest BCUT2D eigenvalue weighted by molar-refractivity contribution is 0.208. The number of urea groups is 1. The van der Waals surface area contributed by atoms with Crippen molar-refractivity contribution in [1.82, 2.24) is 24.6 Å². The van der Waals surface area contributed by atoms with Gasteiger partial charge in [-0.2, -0.15) is 5.10 Å². The Labute approximate surface area is 171 Å². The Morgan fingerprint density at radius 3 is 2.57 bits per heavy atom. The van der Waals surface area contributed by atoms with Crippen LogP contribution >= 0.6 is 23.2 Å². The molecule has 1 aliphatic heterocycles. The van der Waals surface area contributed by atoms with Crippen LogP contribution in [-0.4, -0.2) is 56.9 Å². The number of hydrogen-bond donors (Lipinski definition) is 1. The van der Waals surface area contributed by atoms with Crippen molar-refractivity contribution in [3.63, 3.8) is 0 Å². The summed E-state index contributed by atoms with van der Waals surface area (Å²) in [7, 11) is 0. The van der Waals surface area contributed by atoms with E-state index < -0.39 is 0 Å². The minimum atomic E-state index is -0.184. The number of nitrogens with one attached hydrogen (secondary N) is 1. The molecule has 0 spiro atoms. The van der Waals surface area contributed by atoms with Crippen molar-refractivity contribution in [2.24, 2.45) is 0 Å². The van der Waals surface area contributed by atoms with Crippen molar-refractivity contribution in [3.05, 3.63) is 59.1 Å². The SMILES string of the molecule is O=C(Nc1cccnc1-n1cccn1)N1CCN(c2ncc(Cl)cc2Cl)CC1. The van der Waals surface area contributed by atoms with Crippen LogP contribution in [0.5, 0.6) is 0 Å². The number of aromatic nitrogens is 4. The van der Waals surface area contributed by atoms with Gasteiger partial charge in [0, 0.05) is 51.0 Å². The van der Waals surface area contributed by atoms with Crippen LogP contribution in [0.3, 0.4) is 0 Å². The second-order valence-electron chi connectivity index (χ2n) is 6.19. The molecule has 1 saturated heterocycles. The molecule has 28 heavy (non-hydrogen) atoms. The van der Waals surface area contributed by atoms with Gasteiger partial charge in [-0.05, 0) is 24.3 Å². The number of rotatable bonds is 3. The lowest BCUT2D eigenvalue weighted by Crippen LogP contribution is -2.50. The summed E-state index contributed by atoms with van der Waals surface area (Å²) in [6.45, 7) is 2.34. The fourth-order valence-electron chi connectivity index (χ4n) is 3.03. The van der Waals surface area contributed by atoms with Gasteiger partial charge in [0.25, 0.3) is 0 Å². The minimum Gasteiger partial charge on any atom is -0.352 e. The molecular formula is C18H17Cl2N7O. The number of hydrogen-bond acceptors (Lipinski definition) is 5. The van der Waals surface area contributed by atoms with Gasteiger partial charge in [0.2, 0.25) is 0 Å². The number of piperazine rings is 1. The number of anilines is 2. The van der Waals surface area contributed by atoms with Crippen LogP contribution in [0.4, 0.5) is 16.3 Å². The average molecular weight is 418 g/mol. The Morgan fingerprint density at radius 1 is 1.04 bits per heavy atom. The Balaban J connectivity index is 1.41. The van der Waals surface area contributed by atoms with Gasteiger partial charge in [-0.15, -0.1) is 0 Å². The minimum absolute atomic E-state index is 0.184. The third kappa shape index (κ3) is 3.88. The lowest BCUT2D eigenvalue weighted by atomic mass is 10.3. The molecule has 1 aliphatic rings. The Morgan fingerprint density at radius 2 is 1.86 bits per heavy atom. The molecule has 0 atom stereocenters. The van der Waals surface area contributed by atoms with Gasteiger partial charge in [-0.3, -0.25) is 0 Å². The molecule has 0 unspecified atom stereocenters. The van der Waals surface area contributed by atoms with Gasteiger partial charge in [-0.25, -0.2) is 19.4 Å². The summed E-state index contributed by atoms with van der Waals surface area (Å²) in [6.07, 6.45) is 6.67. The average Bonchev–Trinajstić information content (AvgIpc) is 3.23. The van der Waals surface area contributed by atoms with Crippen LogP contribution in [-0.2, 0) is 0 Å². The molecule has 3 aromatic rings. The van der Waals surface area contributed by atoms with E-state index in [1.807, 2.05) is 4.90 Å². The van der Waals surface area contributed by atoms with E-state index in [4.69, 9.17) is 23.2 Å². The predicted molar refractivity (Wildman–Crippen MR) is 108 cm³/mol. The fraction of sp³-hybridized carbons (Fsp3) is 0.222. The normalized spacial score (nSPS) is 14.2. The van der Waals surface area contributed by atoms with E-state index in [2.05, 4.69) is 20.4 Å². The zero-order valence-corrected chi connectivity index (χ0v) is 16.3. The third-order valence-corrected chi connectivity index (χ3v) is 4.89. The molecule has 4 rings (SSSR count). The first-order chi connectivity index (χ1) is 13.6. The first-order valence-electron chi connectivity index (χ1n) is 8.69. The highest BCUT2D eigenvalue weighted by Crippen LogP contribution is 2.27. The topological polar surface area (TPSA) is 79.2 Å². The van der Waals surface area contributed by atoms with E-state index in [-0.39, 0.29) is 6.03 Å². The molecule has 2 amide bonds. The molecule has 144 valence electrons. The summed E-state index contributed by atoms with van der Waals surface area (Å²) in [5.74, 6) is 1.25. The molecule has 8 nitrogen and oxygen atoms in total. The molecule has 0 saturated carbocycles. The highest BCUT2D eigenvalue weighted by atomic mass is 35.5. The monoisotopic (exact) mass is 417 g/mol. The zero-order chi connectivity index (χ0) is 19.5. The van der Waals surface area contributed by atoms with Crippen LogP contribution in [0, 0.1) is 0 Å². The van der Waals surface area contributed by atoms with Crippen molar-refractivity contribution < 1.29 is 4.79 Å². The molecule has 0 aromatic carbocycles. The number of nitrogens with zero attached hydrogens (tertiary/aromatic N) is 6. The van der Waals surface area contributed by atoms with E-state index in [1.54, 1.807) is 58.6 Å². The fourth-order valence-corrected chi connectivity index (χ4v) is 3.53. The molecular weight excluding hydrogens is 401 g/mol. The molecule has 10 heteroatoms. The molecule has 4 heterocycles. The van der Waals surface area contributed by atoms with Gasteiger partial charge in [-0.1, -0.05) is 23.2 Å². The maximum atomic E-state index is 12.7. The smallest absolute Gasteiger partial charge is 0.322 e. The molecule has 0 aliphatic carbocycles. The summed E-state index contributed by atoms with van der Waals surface area (Å²) in [6, 6.07) is 6.86. The number of carbonyl (C=O) groups is 1. The summed E-state index contributed by atoms with van der Waals surface area (Å²) < 4.78 is 1.61. The molecule has 1 fully saturated rings. The van der Waals surface area contributed by atoms with Crippen LogP contribution in [0.25, 0.3) is 5.82 Å². The van der Waals surface area contributed by atoms with Crippen molar-refractivity contribution in [1.29, 1.82) is 0 Å². The van der Waals surface area contributed by atoms with Crippen molar-refractivity contribution in [2.45, 2.75) is 0 Å². The maximum absolute atomic E-state index is 12.7. The number of pyridine rings is 2. The van der Waals surface area contributed by atoms with Gasteiger partial charge >= 0.3 is 6.03 Å². The van der Waals surface area contributed by atoms with E-state index in [1.165, 1.54) is 0 Å². The maximum Gasteiger partial charge on any atom is 0.322 e. The van der Waals surface area contributed by atoms with Crippen molar-refractivity contribution in [3.8, 4) is 5.82 Å². The predicted octanol–water partition coefficient (Wildman–Crippen LogP) is 3.32. The van der Waals surface area contributed by atoms with E-state index >= 15 is 0 Å². The standard InChI is InChI=1S/C18H17Cl2N7O/c19-13-11-14(20)16(22-12-13)25-7-9-26(10-8-25)18(28)24-15-3-1-4-21-17(15)27-6-2-5-23-27/h1-6,11-12H,7-10H2,(H,24,28). The highest BCUT2D eigenvalue weighted by Gasteiger charge is 2.24. The zero-order valence-electron chi connectivity index (χ0n) is 14.8. The Kier molecular flexibility index (Phi) is 5.31. The van der Waals surface area contributed by atoms with E-state index in [9.17, 15) is 4.79 Å². The Bertz CT molecular complexity index is 972. The van der Waals surface area contributed by atoms with Gasteiger partial charge in [0.1, 0.15) is 5.82 Å². The summed E-state index contributed by atoms with van der Waals surface area (Å²) in [5, 5.41) is 8.11. The second kappa shape index (κ2) is 8.04. The van der Waals surface area contributed by atoms with E-state index in [0.29, 0.717) is 53.5 Å². The quantitative estimate of drug-likeness (QED) is 0.706. The lowest BCUT2D eigenvalue weighted by Gasteiger charge is -2.35. The van der Waals surface area contributed by atoms with Crippen LogP contribution in [0.1, 0.15) is 0 Å². The number of carbonyl (C=O) groups excluding carboxylic acids is 1. The second-order valence-corrected chi connectivity index (χ2v) is 7.03. The third-order valence-electron chi connectivity index (χ3n) is 4.40. The Hall–Kier alpha value is -2.84.